The molecule has 4 aliphatic rings. The van der Waals surface area contributed by atoms with Crippen molar-refractivity contribution in [3.63, 3.8) is 0 Å². The number of fused-ring (bicyclic) bond motifs is 10. The predicted molar refractivity (Wildman–Crippen MR) is 297 cm³/mol. The second kappa shape index (κ2) is 17.2. The second-order valence-corrected chi connectivity index (χ2v) is 19.9. The number of aromatic nitrogens is 6. The van der Waals surface area contributed by atoms with Gasteiger partial charge in [-0.2, -0.15) is 9.97 Å². The number of allylic oxidation sites excluding steroid dienone is 6. The molecule has 0 amide bonds. The molecular weight excluding hydrogens is 903 g/mol. The fraction of sp³-hybridized carbons (Fsp3) is 0.0896. The Bertz CT molecular complexity index is 4100. The van der Waals surface area contributed by atoms with Gasteiger partial charge in [-0.3, -0.25) is 4.57 Å². The Morgan fingerprint density at radius 2 is 1.09 bits per heavy atom. The number of hydrogen-bond donors (Lipinski definition) is 0. The summed E-state index contributed by atoms with van der Waals surface area (Å²) in [5, 5.41) is 2.35. The van der Waals surface area contributed by atoms with Crippen molar-refractivity contribution in [3.05, 3.63) is 264 Å². The molecule has 15 rings (SSSR count). The minimum absolute atomic E-state index is 0.601. The number of pyridine rings is 2. The molecule has 0 fully saturated rings. The summed E-state index contributed by atoms with van der Waals surface area (Å²) in [6.07, 6.45) is 19.6. The van der Waals surface area contributed by atoms with Crippen molar-refractivity contribution < 1.29 is 9.13 Å². The molecule has 0 radical (unpaired) electrons. The molecule has 0 saturated heterocycles. The highest BCUT2D eigenvalue weighted by Crippen LogP contribution is 2.47. The topological polar surface area (TPSA) is 54.6 Å². The van der Waals surface area contributed by atoms with E-state index in [2.05, 4.69) is 225 Å². The lowest BCUT2D eigenvalue weighted by atomic mass is 9.85. The Morgan fingerprint density at radius 3 is 1.81 bits per heavy atom. The van der Waals surface area contributed by atoms with Crippen LogP contribution in [-0.4, -0.2) is 19.5 Å². The highest BCUT2D eigenvalue weighted by molar-refractivity contribution is 6.11. The van der Waals surface area contributed by atoms with Crippen molar-refractivity contribution >= 4 is 44.4 Å². The van der Waals surface area contributed by atoms with Gasteiger partial charge in [0.05, 0.1) is 33.5 Å². The first kappa shape index (κ1) is 42.4. The summed E-state index contributed by atoms with van der Waals surface area (Å²) < 4.78 is 7.05. The van der Waals surface area contributed by atoms with Gasteiger partial charge in [0, 0.05) is 51.9 Å². The molecule has 7 heteroatoms. The first-order valence-electron chi connectivity index (χ1n) is 25.8. The Hall–Kier alpha value is -9.33. The zero-order valence-electron chi connectivity index (χ0n) is 40.7. The minimum atomic E-state index is 0.601. The molecular formula is C67H49N7+2. The normalized spacial score (nSPS) is 14.1. The van der Waals surface area contributed by atoms with Gasteiger partial charge in [-0.05, 0) is 149 Å². The SMILES string of the molecule is C1=CCC=CC(c2nc(-c3ccccc3)nc(-n3c4ccc(-c5ccc(N6c7cccc8c7CCc7c(cccc76)-c6cccc[n+]6C[n+]6ccccc6-8)cc5)cc4c4cc5c(cc43)Cc3ccccc3C5)n2)=C1. The molecule has 4 aromatic heterocycles. The number of nitrogens with zero attached hydrogens (tertiary/aromatic N) is 7. The van der Waals surface area contributed by atoms with E-state index in [0.717, 1.165) is 83.1 Å². The highest BCUT2D eigenvalue weighted by atomic mass is 15.2. The summed E-state index contributed by atoms with van der Waals surface area (Å²) in [6.45, 7) is 0.718. The van der Waals surface area contributed by atoms with E-state index in [1.807, 2.05) is 18.2 Å². The van der Waals surface area contributed by atoms with Crippen LogP contribution in [0.4, 0.5) is 17.1 Å². The number of hydrogen-bond acceptors (Lipinski definition) is 4. The van der Waals surface area contributed by atoms with E-state index in [4.69, 9.17) is 15.0 Å². The van der Waals surface area contributed by atoms with Crippen LogP contribution in [0, 0.1) is 0 Å². The van der Waals surface area contributed by atoms with Crippen LogP contribution in [0.25, 0.3) is 78.4 Å². The monoisotopic (exact) mass is 951 g/mol. The Kier molecular flexibility index (Phi) is 9.83. The minimum Gasteiger partial charge on any atom is -0.310 e. The fourth-order valence-electron chi connectivity index (χ4n) is 12.1. The van der Waals surface area contributed by atoms with E-state index < -0.39 is 0 Å². The molecule has 0 spiro atoms. The summed E-state index contributed by atoms with van der Waals surface area (Å²) in [5.74, 6) is 1.89. The van der Waals surface area contributed by atoms with Crippen molar-refractivity contribution in [1.82, 2.24) is 19.5 Å². The number of rotatable bonds is 5. The Balaban J connectivity index is 0.897. The molecule has 0 unspecified atom stereocenters. The van der Waals surface area contributed by atoms with E-state index in [1.165, 1.54) is 72.7 Å². The third-order valence-corrected chi connectivity index (χ3v) is 15.7. The largest absolute Gasteiger partial charge is 0.344 e. The maximum atomic E-state index is 5.32. The molecule has 0 atom stereocenters. The number of benzene rings is 7. The average Bonchev–Trinajstić information content (AvgIpc) is 3.62. The van der Waals surface area contributed by atoms with Crippen molar-refractivity contribution in [2.45, 2.75) is 38.8 Å². The fourth-order valence-corrected chi connectivity index (χ4v) is 12.1. The lowest BCUT2D eigenvalue weighted by Gasteiger charge is -2.28. The van der Waals surface area contributed by atoms with E-state index in [9.17, 15) is 0 Å². The van der Waals surface area contributed by atoms with Crippen molar-refractivity contribution in [3.8, 4) is 51.0 Å². The Labute approximate surface area is 429 Å². The van der Waals surface area contributed by atoms with Gasteiger partial charge in [0.15, 0.2) is 24.0 Å². The van der Waals surface area contributed by atoms with Crippen molar-refractivity contribution in [2.75, 3.05) is 4.90 Å². The summed E-state index contributed by atoms with van der Waals surface area (Å²) in [6, 6.07) is 67.0. The summed E-state index contributed by atoms with van der Waals surface area (Å²) in [7, 11) is 0. The zero-order valence-corrected chi connectivity index (χ0v) is 40.7. The van der Waals surface area contributed by atoms with Crippen LogP contribution in [0.5, 0.6) is 0 Å². The lowest BCUT2D eigenvalue weighted by Crippen LogP contribution is -2.53. The van der Waals surface area contributed by atoms with Crippen LogP contribution in [-0.2, 0) is 32.4 Å². The van der Waals surface area contributed by atoms with Gasteiger partial charge < -0.3 is 4.90 Å². The van der Waals surface area contributed by atoms with Gasteiger partial charge in [0.2, 0.25) is 17.3 Å². The maximum Gasteiger partial charge on any atom is 0.344 e. The first-order chi connectivity index (χ1) is 36.7. The molecule has 0 N–H and O–H groups in total. The van der Waals surface area contributed by atoms with Crippen LogP contribution >= 0.6 is 0 Å². The highest BCUT2D eigenvalue weighted by Gasteiger charge is 2.32. The van der Waals surface area contributed by atoms with Crippen molar-refractivity contribution in [1.29, 1.82) is 0 Å². The third-order valence-electron chi connectivity index (χ3n) is 15.7. The second-order valence-electron chi connectivity index (χ2n) is 19.9. The quantitative estimate of drug-likeness (QED) is 0.161. The third kappa shape index (κ3) is 6.99. The molecule has 74 heavy (non-hydrogen) atoms. The molecule has 2 aliphatic heterocycles. The molecule has 0 saturated carbocycles. The standard InChI is InChI=1S/C67H49N7/c1-2-5-17-45(16-4-1)65-68-66(46-18-6-3-7-19-46)70-67(69-65)74-63-35-30-49(40-57(63)58-41-50-38-47-20-8-9-21-48(47)39-51(50)42-64(58)74)44-28-31-52(32-29-44)73-61-26-14-22-53-55(61)33-34-56-54(23-15-27-62(56)73)60-25-11-13-37-72(60)43-71-36-12-10-24-59(53)71/h1,3-32,35-37,40-42H,2,33-34,38-39,43H2/q+2. The van der Waals surface area contributed by atoms with Crippen LogP contribution in [0.1, 0.15) is 45.6 Å². The summed E-state index contributed by atoms with van der Waals surface area (Å²) >= 11 is 0. The number of anilines is 3. The zero-order chi connectivity index (χ0) is 48.7. The van der Waals surface area contributed by atoms with E-state index in [1.54, 1.807) is 0 Å². The van der Waals surface area contributed by atoms with E-state index >= 15 is 0 Å². The average molecular weight is 952 g/mol. The van der Waals surface area contributed by atoms with Gasteiger partial charge in [0.25, 0.3) is 0 Å². The summed E-state index contributed by atoms with van der Waals surface area (Å²) in [5.41, 5.74) is 23.1. The maximum absolute atomic E-state index is 5.32. The van der Waals surface area contributed by atoms with E-state index in [0.29, 0.717) is 17.6 Å². The van der Waals surface area contributed by atoms with Gasteiger partial charge in [-0.25, -0.2) is 4.98 Å². The molecule has 2 bridgehead atoms. The predicted octanol–water partition coefficient (Wildman–Crippen LogP) is 14.0. The molecule has 7 aromatic carbocycles. The smallest absolute Gasteiger partial charge is 0.310 e. The van der Waals surface area contributed by atoms with Crippen LogP contribution in [0.3, 0.4) is 0 Å². The van der Waals surface area contributed by atoms with Crippen molar-refractivity contribution in [2.24, 2.45) is 0 Å². The first-order valence-corrected chi connectivity index (χ1v) is 25.8. The Morgan fingerprint density at radius 1 is 0.459 bits per heavy atom. The summed E-state index contributed by atoms with van der Waals surface area (Å²) in [4.78, 5) is 18.2. The molecule has 6 heterocycles. The molecule has 7 nitrogen and oxygen atoms in total. The van der Waals surface area contributed by atoms with Gasteiger partial charge >= 0.3 is 6.67 Å². The molecule has 350 valence electrons. The van der Waals surface area contributed by atoms with Crippen LogP contribution < -0.4 is 14.0 Å². The van der Waals surface area contributed by atoms with Crippen LogP contribution in [0.15, 0.2) is 225 Å². The lowest BCUT2D eigenvalue weighted by molar-refractivity contribution is -0.903. The van der Waals surface area contributed by atoms with E-state index in [-0.39, 0.29) is 0 Å². The van der Waals surface area contributed by atoms with Gasteiger partial charge in [0.1, 0.15) is 0 Å². The van der Waals surface area contributed by atoms with Crippen LogP contribution in [0.2, 0.25) is 0 Å². The van der Waals surface area contributed by atoms with Gasteiger partial charge in [-0.15, -0.1) is 9.13 Å². The molecule has 2 aliphatic carbocycles. The van der Waals surface area contributed by atoms with Gasteiger partial charge in [-0.1, -0.05) is 115 Å². The molecule has 11 aromatic rings.